The van der Waals surface area contributed by atoms with E-state index in [0.717, 1.165) is 28.4 Å². The second kappa shape index (κ2) is 8.20. The lowest BCUT2D eigenvalue weighted by molar-refractivity contribution is 0.0948. The van der Waals surface area contributed by atoms with Crippen molar-refractivity contribution in [2.24, 2.45) is 0 Å². The lowest BCUT2D eigenvalue weighted by Gasteiger charge is -2.14. The predicted octanol–water partition coefficient (Wildman–Crippen LogP) is 3.42. The van der Waals surface area contributed by atoms with Crippen LogP contribution in [0.15, 0.2) is 29.6 Å². The number of benzene rings is 1. The molecule has 0 aliphatic carbocycles. The lowest BCUT2D eigenvalue weighted by atomic mass is 10.2. The second-order valence-corrected chi connectivity index (χ2v) is 7.57. The number of hydrogen-bond donors (Lipinski definition) is 1. The molecule has 0 spiro atoms. The Kier molecular flexibility index (Phi) is 5.50. The quantitative estimate of drug-likeness (QED) is 0.663. The van der Waals surface area contributed by atoms with Gasteiger partial charge in [-0.15, -0.1) is 11.3 Å². The fraction of sp³-hybridized carbons (Fsp3) is 0.316. The van der Waals surface area contributed by atoms with Crippen LogP contribution in [0.25, 0.3) is 11.3 Å². The van der Waals surface area contributed by atoms with Gasteiger partial charge in [-0.2, -0.15) is 5.10 Å². The van der Waals surface area contributed by atoms with Crippen molar-refractivity contribution < 1.29 is 14.3 Å². The Balaban J connectivity index is 1.35. The van der Waals surface area contributed by atoms with Crippen molar-refractivity contribution in [3.05, 3.63) is 45.4 Å². The number of methoxy groups -OCH3 is 1. The van der Waals surface area contributed by atoms with Gasteiger partial charge in [-0.25, -0.2) is 9.67 Å². The van der Waals surface area contributed by atoms with Gasteiger partial charge in [-0.05, 0) is 24.3 Å². The number of hydrogen-bond acceptors (Lipinski definition) is 6. The van der Waals surface area contributed by atoms with Crippen LogP contribution in [0, 0.1) is 0 Å². The van der Waals surface area contributed by atoms with Gasteiger partial charge in [0.15, 0.2) is 5.69 Å². The summed E-state index contributed by atoms with van der Waals surface area (Å²) in [6, 6.07) is 7.77. The molecule has 1 aliphatic rings. The van der Waals surface area contributed by atoms with E-state index < -0.39 is 0 Å². The van der Waals surface area contributed by atoms with E-state index in [4.69, 9.17) is 21.1 Å². The third-order valence-electron chi connectivity index (χ3n) is 4.38. The lowest BCUT2D eigenvalue weighted by Crippen LogP contribution is -2.26. The predicted molar refractivity (Wildman–Crippen MR) is 107 cm³/mol. The molecule has 3 aromatic rings. The van der Waals surface area contributed by atoms with E-state index in [1.165, 1.54) is 0 Å². The number of nitrogens with zero attached hydrogens (tertiary/aromatic N) is 3. The van der Waals surface area contributed by atoms with Gasteiger partial charge < -0.3 is 14.8 Å². The van der Waals surface area contributed by atoms with Crippen LogP contribution < -0.4 is 14.8 Å². The van der Waals surface area contributed by atoms with Crippen LogP contribution in [0.2, 0.25) is 5.02 Å². The van der Waals surface area contributed by atoms with E-state index >= 15 is 0 Å². The zero-order valence-corrected chi connectivity index (χ0v) is 16.8. The van der Waals surface area contributed by atoms with Crippen molar-refractivity contribution in [2.75, 3.05) is 20.3 Å². The number of nitrogens with one attached hydrogen (secondary N) is 1. The van der Waals surface area contributed by atoms with Gasteiger partial charge in [-0.1, -0.05) is 11.6 Å². The molecule has 0 saturated heterocycles. The third-order valence-corrected chi connectivity index (χ3v) is 5.63. The molecule has 0 saturated carbocycles. The van der Waals surface area contributed by atoms with E-state index in [0.29, 0.717) is 32.0 Å². The molecule has 0 unspecified atom stereocenters. The number of carbonyl (C=O) groups is 1. The molecular weight excluding hydrogens is 400 g/mol. The van der Waals surface area contributed by atoms with Gasteiger partial charge in [0.05, 0.1) is 24.4 Å². The zero-order chi connectivity index (χ0) is 19.5. The molecule has 9 heteroatoms. The molecule has 0 atom stereocenters. The number of aryl methyl sites for hydroxylation is 1. The summed E-state index contributed by atoms with van der Waals surface area (Å²) in [5.74, 6) is 0.983. The molecule has 3 heterocycles. The van der Waals surface area contributed by atoms with Crippen molar-refractivity contribution in [2.45, 2.75) is 19.4 Å². The minimum absolute atomic E-state index is 0.205. The van der Waals surface area contributed by atoms with Crippen LogP contribution in [0.4, 0.5) is 0 Å². The smallest absolute Gasteiger partial charge is 0.273 e. The van der Waals surface area contributed by atoms with Crippen LogP contribution >= 0.6 is 22.9 Å². The van der Waals surface area contributed by atoms with E-state index in [1.54, 1.807) is 23.1 Å². The van der Waals surface area contributed by atoms with Crippen molar-refractivity contribution in [3.8, 4) is 22.9 Å². The Bertz CT molecular complexity index is 984. The van der Waals surface area contributed by atoms with Gasteiger partial charge in [0, 0.05) is 36.9 Å². The molecular formula is C19H19ClN4O3S. The van der Waals surface area contributed by atoms with Gasteiger partial charge in [0.1, 0.15) is 10.8 Å². The van der Waals surface area contributed by atoms with Gasteiger partial charge in [0.2, 0.25) is 5.88 Å². The number of aromatic nitrogens is 3. The first-order valence-electron chi connectivity index (χ1n) is 8.92. The molecule has 0 bridgehead atoms. The average Bonchev–Trinajstić information content (AvgIpc) is 3.33. The summed E-state index contributed by atoms with van der Waals surface area (Å²) < 4.78 is 12.3. The first-order chi connectivity index (χ1) is 13.7. The second-order valence-electron chi connectivity index (χ2n) is 6.25. The van der Waals surface area contributed by atoms with Crippen LogP contribution in [-0.2, 0) is 13.0 Å². The molecule has 1 amide bonds. The van der Waals surface area contributed by atoms with E-state index in [2.05, 4.69) is 15.4 Å². The first-order valence-corrected chi connectivity index (χ1v) is 10.2. The molecule has 1 aromatic carbocycles. The number of halogens is 1. The standard InChI is InChI=1S/C19H19ClN4O3S/c1-26-13-5-3-12(4-6-13)14-11-28-15(22-14)7-8-21-18(25)17-16(20)19-24(23-17)9-2-10-27-19/h3-6,11H,2,7-10H2,1H3,(H,21,25). The number of amides is 1. The molecule has 1 aliphatic heterocycles. The molecule has 1 N–H and O–H groups in total. The minimum atomic E-state index is -0.303. The Labute approximate surface area is 171 Å². The Morgan fingerprint density at radius 2 is 2.21 bits per heavy atom. The van der Waals surface area contributed by atoms with Gasteiger partial charge >= 0.3 is 0 Å². The van der Waals surface area contributed by atoms with Gasteiger partial charge in [-0.3, -0.25) is 4.79 Å². The monoisotopic (exact) mass is 418 g/mol. The summed E-state index contributed by atoms with van der Waals surface area (Å²) in [6.45, 7) is 1.75. The maximum atomic E-state index is 12.4. The summed E-state index contributed by atoms with van der Waals surface area (Å²) in [5, 5.41) is 10.3. The Hall–Kier alpha value is -2.58. The van der Waals surface area contributed by atoms with Crippen LogP contribution in [-0.4, -0.2) is 40.9 Å². The topological polar surface area (TPSA) is 78.3 Å². The third kappa shape index (κ3) is 3.83. The molecule has 146 valence electrons. The molecule has 28 heavy (non-hydrogen) atoms. The highest BCUT2D eigenvalue weighted by Crippen LogP contribution is 2.30. The highest BCUT2D eigenvalue weighted by molar-refractivity contribution is 7.09. The average molecular weight is 419 g/mol. The molecule has 0 radical (unpaired) electrons. The SMILES string of the molecule is COc1ccc(-c2csc(CCNC(=O)c3nn4c(c3Cl)OCCC4)n2)cc1. The highest BCUT2D eigenvalue weighted by atomic mass is 35.5. The maximum absolute atomic E-state index is 12.4. The Morgan fingerprint density at radius 1 is 1.39 bits per heavy atom. The summed E-state index contributed by atoms with van der Waals surface area (Å²) >= 11 is 7.81. The zero-order valence-electron chi connectivity index (χ0n) is 15.3. The molecule has 4 rings (SSSR count). The maximum Gasteiger partial charge on any atom is 0.273 e. The Morgan fingerprint density at radius 3 is 2.96 bits per heavy atom. The fourth-order valence-corrected chi connectivity index (χ4v) is 4.01. The van der Waals surface area contributed by atoms with E-state index in [1.807, 2.05) is 29.6 Å². The summed E-state index contributed by atoms with van der Waals surface area (Å²) in [4.78, 5) is 17.0. The molecule has 7 nitrogen and oxygen atoms in total. The number of ether oxygens (including phenoxy) is 2. The van der Waals surface area contributed by atoms with E-state index in [9.17, 15) is 4.79 Å². The van der Waals surface area contributed by atoms with E-state index in [-0.39, 0.29) is 16.6 Å². The van der Waals surface area contributed by atoms with Gasteiger partial charge in [0.25, 0.3) is 5.91 Å². The first kappa shape index (κ1) is 18.8. The van der Waals surface area contributed by atoms with Crippen LogP contribution in [0.3, 0.4) is 0 Å². The normalized spacial score (nSPS) is 12.9. The van der Waals surface area contributed by atoms with Crippen molar-refractivity contribution in [3.63, 3.8) is 0 Å². The van der Waals surface area contributed by atoms with Crippen LogP contribution in [0.1, 0.15) is 21.9 Å². The van der Waals surface area contributed by atoms with Crippen molar-refractivity contribution in [1.29, 1.82) is 0 Å². The molecule has 2 aromatic heterocycles. The highest BCUT2D eigenvalue weighted by Gasteiger charge is 2.24. The number of thiazole rings is 1. The summed E-state index contributed by atoms with van der Waals surface area (Å²) in [7, 11) is 1.64. The number of fused-ring (bicyclic) bond motifs is 1. The van der Waals surface area contributed by atoms with Crippen molar-refractivity contribution in [1.82, 2.24) is 20.1 Å². The largest absolute Gasteiger partial charge is 0.497 e. The minimum Gasteiger partial charge on any atom is -0.497 e. The number of rotatable bonds is 6. The van der Waals surface area contributed by atoms with Crippen LogP contribution in [0.5, 0.6) is 11.6 Å². The fourth-order valence-electron chi connectivity index (χ4n) is 2.93. The number of carbonyl (C=O) groups excluding carboxylic acids is 1. The summed E-state index contributed by atoms with van der Waals surface area (Å²) in [5.41, 5.74) is 2.15. The summed E-state index contributed by atoms with van der Waals surface area (Å²) in [6.07, 6.45) is 1.49. The molecule has 0 fully saturated rings. The van der Waals surface area contributed by atoms with Crippen molar-refractivity contribution >= 4 is 28.8 Å².